The Kier molecular flexibility index (Phi) is 4.39. The predicted molar refractivity (Wildman–Crippen MR) is 75.7 cm³/mol. The molecule has 0 saturated heterocycles. The third-order valence-electron chi connectivity index (χ3n) is 3.48. The highest BCUT2D eigenvalue weighted by molar-refractivity contribution is 5.88. The standard InChI is InChI=1S/C15H20N2O3/c1-10(2)16-8-14(18)17-6-5-11-3-4-12(15(19)20)7-13(11)9-17/h3-4,7,10,16H,5-6,8-9H2,1-2H3,(H,19,20). The first-order valence-corrected chi connectivity index (χ1v) is 6.83. The minimum absolute atomic E-state index is 0.0603. The maximum atomic E-state index is 12.1. The van der Waals surface area contributed by atoms with E-state index in [4.69, 9.17) is 5.11 Å². The summed E-state index contributed by atoms with van der Waals surface area (Å²) < 4.78 is 0. The Hall–Kier alpha value is -1.88. The summed E-state index contributed by atoms with van der Waals surface area (Å²) in [6, 6.07) is 5.42. The third kappa shape index (κ3) is 3.36. The molecule has 0 radical (unpaired) electrons. The number of aromatic carboxylic acids is 1. The maximum Gasteiger partial charge on any atom is 0.335 e. The number of hydrogen-bond donors (Lipinski definition) is 2. The van der Waals surface area contributed by atoms with Gasteiger partial charge in [0.05, 0.1) is 12.1 Å². The van der Waals surface area contributed by atoms with E-state index < -0.39 is 5.97 Å². The van der Waals surface area contributed by atoms with Crippen LogP contribution in [0.2, 0.25) is 0 Å². The summed E-state index contributed by atoms with van der Waals surface area (Å²) in [5.41, 5.74) is 2.35. The highest BCUT2D eigenvalue weighted by Crippen LogP contribution is 2.20. The van der Waals surface area contributed by atoms with E-state index in [2.05, 4.69) is 5.32 Å². The fraction of sp³-hybridized carbons (Fsp3) is 0.467. The number of carbonyl (C=O) groups excluding carboxylic acids is 1. The minimum Gasteiger partial charge on any atom is -0.478 e. The lowest BCUT2D eigenvalue weighted by Gasteiger charge is -2.29. The van der Waals surface area contributed by atoms with E-state index in [1.807, 2.05) is 19.9 Å². The maximum absolute atomic E-state index is 12.1. The molecule has 0 atom stereocenters. The van der Waals surface area contributed by atoms with E-state index in [1.165, 1.54) is 0 Å². The van der Waals surface area contributed by atoms with Gasteiger partial charge in [0.25, 0.3) is 0 Å². The van der Waals surface area contributed by atoms with E-state index >= 15 is 0 Å². The van der Waals surface area contributed by atoms with Crippen LogP contribution < -0.4 is 5.32 Å². The Labute approximate surface area is 118 Å². The van der Waals surface area contributed by atoms with Gasteiger partial charge in [-0.05, 0) is 29.7 Å². The van der Waals surface area contributed by atoms with Crippen LogP contribution >= 0.6 is 0 Å². The molecule has 2 N–H and O–H groups in total. The molecule has 0 aliphatic carbocycles. The first-order valence-electron chi connectivity index (χ1n) is 6.83. The van der Waals surface area contributed by atoms with E-state index in [9.17, 15) is 9.59 Å². The van der Waals surface area contributed by atoms with Gasteiger partial charge < -0.3 is 15.3 Å². The van der Waals surface area contributed by atoms with Crippen LogP contribution in [-0.4, -0.2) is 41.0 Å². The Balaban J connectivity index is 2.07. The molecular weight excluding hydrogens is 256 g/mol. The van der Waals surface area contributed by atoms with E-state index in [0.717, 1.165) is 17.5 Å². The van der Waals surface area contributed by atoms with Gasteiger partial charge in [-0.25, -0.2) is 4.79 Å². The van der Waals surface area contributed by atoms with Crippen molar-refractivity contribution in [2.75, 3.05) is 13.1 Å². The normalized spacial score (nSPS) is 14.2. The summed E-state index contributed by atoms with van der Waals surface area (Å²) in [6.45, 7) is 5.51. The van der Waals surface area contributed by atoms with Crippen molar-refractivity contribution in [3.05, 3.63) is 34.9 Å². The van der Waals surface area contributed by atoms with Crippen molar-refractivity contribution in [2.24, 2.45) is 0 Å². The van der Waals surface area contributed by atoms with Crippen LogP contribution in [0, 0.1) is 0 Å². The number of amides is 1. The molecule has 5 nitrogen and oxygen atoms in total. The number of carboxylic acid groups (broad SMARTS) is 1. The van der Waals surface area contributed by atoms with Gasteiger partial charge >= 0.3 is 5.97 Å². The van der Waals surface area contributed by atoms with Crippen molar-refractivity contribution in [1.82, 2.24) is 10.2 Å². The SMILES string of the molecule is CC(C)NCC(=O)N1CCc2ccc(C(=O)O)cc2C1. The first kappa shape index (κ1) is 14.5. The van der Waals surface area contributed by atoms with Crippen molar-refractivity contribution in [3.63, 3.8) is 0 Å². The summed E-state index contributed by atoms with van der Waals surface area (Å²) in [4.78, 5) is 24.8. The molecule has 1 amide bonds. The second-order valence-electron chi connectivity index (χ2n) is 5.39. The molecule has 1 aliphatic rings. The third-order valence-corrected chi connectivity index (χ3v) is 3.48. The smallest absolute Gasteiger partial charge is 0.335 e. The molecule has 0 fully saturated rings. The number of benzene rings is 1. The van der Waals surface area contributed by atoms with Crippen LogP contribution in [0.5, 0.6) is 0 Å². The highest BCUT2D eigenvalue weighted by Gasteiger charge is 2.21. The molecule has 1 aromatic rings. The van der Waals surface area contributed by atoms with Crippen LogP contribution in [0.4, 0.5) is 0 Å². The first-order chi connectivity index (χ1) is 9.47. The van der Waals surface area contributed by atoms with Crippen LogP contribution in [0.3, 0.4) is 0 Å². The topological polar surface area (TPSA) is 69.6 Å². The lowest BCUT2D eigenvalue weighted by molar-refractivity contribution is -0.131. The molecule has 20 heavy (non-hydrogen) atoms. The Morgan fingerprint density at radius 3 is 2.75 bits per heavy atom. The summed E-state index contributed by atoms with van der Waals surface area (Å²) in [5, 5.41) is 12.1. The predicted octanol–water partition coefficient (Wildman–Crippen LogP) is 1.27. The van der Waals surface area contributed by atoms with Crippen molar-refractivity contribution >= 4 is 11.9 Å². The van der Waals surface area contributed by atoms with Gasteiger partial charge in [-0.3, -0.25) is 4.79 Å². The minimum atomic E-state index is -0.933. The summed E-state index contributed by atoms with van der Waals surface area (Å²) >= 11 is 0. The second-order valence-corrected chi connectivity index (χ2v) is 5.39. The lowest BCUT2D eigenvalue weighted by Crippen LogP contribution is -2.42. The number of carbonyl (C=O) groups is 2. The van der Waals surface area contributed by atoms with Crippen LogP contribution in [0.15, 0.2) is 18.2 Å². The molecule has 0 unspecified atom stereocenters. The van der Waals surface area contributed by atoms with Gasteiger partial charge in [0, 0.05) is 19.1 Å². The summed E-state index contributed by atoms with van der Waals surface area (Å²) in [7, 11) is 0. The Bertz CT molecular complexity index is 526. The van der Waals surface area contributed by atoms with Crippen LogP contribution in [0.25, 0.3) is 0 Å². The summed E-state index contributed by atoms with van der Waals surface area (Å²) in [6.07, 6.45) is 0.780. The van der Waals surface area contributed by atoms with Crippen molar-refractivity contribution in [3.8, 4) is 0 Å². The number of carboxylic acids is 1. The van der Waals surface area contributed by atoms with Gasteiger partial charge in [-0.15, -0.1) is 0 Å². The fourth-order valence-electron chi connectivity index (χ4n) is 2.31. The molecule has 0 bridgehead atoms. The fourth-order valence-corrected chi connectivity index (χ4v) is 2.31. The molecule has 0 spiro atoms. The number of nitrogens with one attached hydrogen (secondary N) is 1. The molecule has 1 aromatic carbocycles. The zero-order valence-corrected chi connectivity index (χ0v) is 11.8. The van der Waals surface area contributed by atoms with Gasteiger partial charge in [0.2, 0.25) is 5.91 Å². The van der Waals surface area contributed by atoms with E-state index in [-0.39, 0.29) is 17.5 Å². The van der Waals surface area contributed by atoms with Gasteiger partial charge in [-0.1, -0.05) is 19.9 Å². The quantitative estimate of drug-likeness (QED) is 0.869. The zero-order chi connectivity index (χ0) is 14.7. The van der Waals surface area contributed by atoms with Gasteiger partial charge in [0.15, 0.2) is 0 Å². The van der Waals surface area contributed by atoms with E-state index in [1.54, 1.807) is 17.0 Å². The van der Waals surface area contributed by atoms with Crippen LogP contribution in [0.1, 0.15) is 35.3 Å². The molecule has 2 rings (SSSR count). The Morgan fingerprint density at radius 2 is 2.10 bits per heavy atom. The number of nitrogens with zero attached hydrogens (tertiary/aromatic N) is 1. The molecule has 5 heteroatoms. The van der Waals surface area contributed by atoms with Crippen molar-refractivity contribution in [1.29, 1.82) is 0 Å². The molecule has 0 aromatic heterocycles. The number of rotatable bonds is 4. The van der Waals surface area contributed by atoms with Gasteiger partial charge in [-0.2, -0.15) is 0 Å². The summed E-state index contributed by atoms with van der Waals surface area (Å²) in [5.74, 6) is -0.872. The van der Waals surface area contributed by atoms with Crippen molar-refractivity contribution < 1.29 is 14.7 Å². The molecular formula is C15H20N2O3. The Morgan fingerprint density at radius 1 is 1.35 bits per heavy atom. The molecule has 108 valence electrons. The molecule has 1 aliphatic heterocycles. The molecule has 1 heterocycles. The monoisotopic (exact) mass is 276 g/mol. The van der Waals surface area contributed by atoms with Crippen molar-refractivity contribution in [2.45, 2.75) is 32.9 Å². The zero-order valence-electron chi connectivity index (χ0n) is 11.8. The average molecular weight is 276 g/mol. The van der Waals surface area contributed by atoms with E-state index in [0.29, 0.717) is 19.6 Å². The van der Waals surface area contributed by atoms with Crippen LogP contribution in [-0.2, 0) is 17.8 Å². The highest BCUT2D eigenvalue weighted by atomic mass is 16.4. The number of fused-ring (bicyclic) bond motifs is 1. The van der Waals surface area contributed by atoms with Gasteiger partial charge in [0.1, 0.15) is 0 Å². The average Bonchev–Trinajstić information content (AvgIpc) is 2.43. The number of hydrogen-bond acceptors (Lipinski definition) is 3. The molecule has 0 saturated carbocycles. The second kappa shape index (κ2) is 6.05. The lowest BCUT2D eigenvalue weighted by atomic mass is 9.97. The largest absolute Gasteiger partial charge is 0.478 e.